The first-order valence-corrected chi connectivity index (χ1v) is 8.62. The largest absolute Gasteiger partial charge is 0.481 e. The number of carbonyl (C=O) groups excluding carboxylic acids is 2. The first-order valence-electron chi connectivity index (χ1n) is 7.83. The Morgan fingerprint density at radius 1 is 1.11 bits per heavy atom. The summed E-state index contributed by atoms with van der Waals surface area (Å²) in [7, 11) is 0. The Balaban J connectivity index is 2.04. The Morgan fingerprint density at radius 3 is 2.37 bits per heavy atom. The standard InChI is InChI=1S/C18H16BrF3N2O3/c1-11(27-13-8-6-12(19)7-9-13)16(25)24-15-5-3-2-4-14(15)17(26)23-10-18(20,21)22/h2-9,11H,10H2,1H3,(H,23,26)(H,24,25). The molecule has 0 heterocycles. The van der Waals surface area contributed by atoms with Gasteiger partial charge in [-0.15, -0.1) is 0 Å². The van der Waals surface area contributed by atoms with Crippen LogP contribution in [0.5, 0.6) is 5.75 Å². The number of para-hydroxylation sites is 1. The number of nitrogens with one attached hydrogen (secondary N) is 2. The van der Waals surface area contributed by atoms with Crippen LogP contribution in [-0.4, -0.2) is 30.6 Å². The van der Waals surface area contributed by atoms with E-state index < -0.39 is 30.6 Å². The van der Waals surface area contributed by atoms with Crippen molar-refractivity contribution < 1.29 is 27.5 Å². The molecule has 27 heavy (non-hydrogen) atoms. The van der Waals surface area contributed by atoms with Crippen molar-refractivity contribution in [2.24, 2.45) is 0 Å². The second kappa shape index (κ2) is 8.90. The minimum Gasteiger partial charge on any atom is -0.481 e. The van der Waals surface area contributed by atoms with Crippen LogP contribution in [0.25, 0.3) is 0 Å². The molecular weight excluding hydrogens is 429 g/mol. The van der Waals surface area contributed by atoms with Gasteiger partial charge in [-0.25, -0.2) is 0 Å². The summed E-state index contributed by atoms with van der Waals surface area (Å²) >= 11 is 3.29. The summed E-state index contributed by atoms with van der Waals surface area (Å²) in [5.74, 6) is -1.02. The van der Waals surface area contributed by atoms with E-state index >= 15 is 0 Å². The number of alkyl halides is 3. The zero-order valence-electron chi connectivity index (χ0n) is 14.1. The molecule has 2 amide bonds. The highest BCUT2D eigenvalue weighted by Crippen LogP contribution is 2.20. The molecule has 0 bridgehead atoms. The molecule has 2 N–H and O–H groups in total. The van der Waals surface area contributed by atoms with Gasteiger partial charge in [-0.05, 0) is 43.3 Å². The lowest BCUT2D eigenvalue weighted by molar-refractivity contribution is -0.123. The second-order valence-corrected chi connectivity index (χ2v) is 6.46. The van der Waals surface area contributed by atoms with Crippen LogP contribution in [0.2, 0.25) is 0 Å². The van der Waals surface area contributed by atoms with E-state index in [9.17, 15) is 22.8 Å². The molecule has 0 spiro atoms. The van der Waals surface area contributed by atoms with Crippen molar-refractivity contribution in [2.45, 2.75) is 19.2 Å². The number of anilines is 1. The van der Waals surface area contributed by atoms with Crippen molar-refractivity contribution in [3.63, 3.8) is 0 Å². The van der Waals surface area contributed by atoms with Crippen LogP contribution in [0.15, 0.2) is 53.0 Å². The number of rotatable bonds is 6. The third-order valence-corrected chi connectivity index (χ3v) is 3.90. The first kappa shape index (κ1) is 20.8. The SMILES string of the molecule is CC(Oc1ccc(Br)cc1)C(=O)Nc1ccccc1C(=O)NCC(F)(F)F. The summed E-state index contributed by atoms with van der Waals surface area (Å²) in [4.78, 5) is 24.3. The van der Waals surface area contributed by atoms with Gasteiger partial charge < -0.3 is 15.4 Å². The molecule has 9 heteroatoms. The quantitative estimate of drug-likeness (QED) is 0.703. The summed E-state index contributed by atoms with van der Waals surface area (Å²) in [6.45, 7) is 0.0565. The topological polar surface area (TPSA) is 67.4 Å². The van der Waals surface area contributed by atoms with E-state index in [1.54, 1.807) is 35.6 Å². The van der Waals surface area contributed by atoms with Crippen molar-refractivity contribution in [3.05, 3.63) is 58.6 Å². The Kier molecular flexibility index (Phi) is 6.84. The summed E-state index contributed by atoms with van der Waals surface area (Å²) in [6, 6.07) is 12.6. The van der Waals surface area contributed by atoms with Crippen molar-refractivity contribution in [3.8, 4) is 5.75 Å². The van der Waals surface area contributed by atoms with Crippen molar-refractivity contribution in [2.75, 3.05) is 11.9 Å². The van der Waals surface area contributed by atoms with Gasteiger partial charge in [-0.3, -0.25) is 9.59 Å². The fourth-order valence-corrected chi connectivity index (χ4v) is 2.34. The number of carbonyl (C=O) groups is 2. The molecule has 0 saturated carbocycles. The molecule has 0 aromatic heterocycles. The number of amides is 2. The van der Waals surface area contributed by atoms with Gasteiger partial charge in [0.2, 0.25) is 0 Å². The van der Waals surface area contributed by atoms with Crippen molar-refractivity contribution in [1.82, 2.24) is 5.32 Å². The maximum Gasteiger partial charge on any atom is 0.405 e. The van der Waals surface area contributed by atoms with E-state index in [1.807, 2.05) is 0 Å². The van der Waals surface area contributed by atoms with E-state index in [0.717, 1.165) is 4.47 Å². The average Bonchev–Trinajstić information content (AvgIpc) is 2.61. The maximum atomic E-state index is 12.3. The number of halogens is 4. The molecule has 2 rings (SSSR count). The van der Waals surface area contributed by atoms with E-state index in [0.29, 0.717) is 5.75 Å². The molecule has 144 valence electrons. The van der Waals surface area contributed by atoms with Gasteiger partial charge in [0.05, 0.1) is 11.3 Å². The van der Waals surface area contributed by atoms with Gasteiger partial charge in [0.25, 0.3) is 11.8 Å². The van der Waals surface area contributed by atoms with Gasteiger partial charge >= 0.3 is 6.18 Å². The van der Waals surface area contributed by atoms with E-state index in [2.05, 4.69) is 21.2 Å². The van der Waals surface area contributed by atoms with Crippen LogP contribution < -0.4 is 15.4 Å². The molecule has 2 aromatic rings. The lowest BCUT2D eigenvalue weighted by Gasteiger charge is -2.16. The molecule has 0 fully saturated rings. The van der Waals surface area contributed by atoms with Crippen LogP contribution in [-0.2, 0) is 4.79 Å². The van der Waals surface area contributed by atoms with Crippen LogP contribution >= 0.6 is 15.9 Å². The normalized spacial score (nSPS) is 12.2. The Labute approximate surface area is 162 Å². The molecular formula is C18H16BrF3N2O3. The zero-order chi connectivity index (χ0) is 20.0. The Hall–Kier alpha value is -2.55. The number of ether oxygens (including phenoxy) is 1. The molecule has 0 radical (unpaired) electrons. The minimum atomic E-state index is -4.53. The van der Waals surface area contributed by atoms with Gasteiger partial charge in [0.15, 0.2) is 6.10 Å². The van der Waals surface area contributed by atoms with Crippen molar-refractivity contribution in [1.29, 1.82) is 0 Å². The third kappa shape index (κ3) is 6.59. The second-order valence-electron chi connectivity index (χ2n) is 5.55. The van der Waals surface area contributed by atoms with Crippen LogP contribution in [0, 0.1) is 0 Å². The highest BCUT2D eigenvalue weighted by atomic mass is 79.9. The van der Waals surface area contributed by atoms with Gasteiger partial charge in [-0.2, -0.15) is 13.2 Å². The van der Waals surface area contributed by atoms with Gasteiger partial charge in [0.1, 0.15) is 12.3 Å². The summed E-state index contributed by atoms with van der Waals surface area (Å²) < 4.78 is 43.2. The van der Waals surface area contributed by atoms with Crippen LogP contribution in [0.3, 0.4) is 0 Å². The molecule has 0 aliphatic carbocycles. The molecule has 5 nitrogen and oxygen atoms in total. The van der Waals surface area contributed by atoms with E-state index in [1.165, 1.54) is 25.1 Å². The highest BCUT2D eigenvalue weighted by Gasteiger charge is 2.28. The molecule has 2 aromatic carbocycles. The molecule has 0 aliphatic rings. The average molecular weight is 445 g/mol. The number of hydrogen-bond donors (Lipinski definition) is 2. The smallest absolute Gasteiger partial charge is 0.405 e. The lowest BCUT2D eigenvalue weighted by Crippen LogP contribution is -2.35. The Bertz CT molecular complexity index is 810. The monoisotopic (exact) mass is 444 g/mol. The third-order valence-electron chi connectivity index (χ3n) is 3.37. The number of benzene rings is 2. The van der Waals surface area contributed by atoms with Crippen molar-refractivity contribution >= 4 is 33.4 Å². The van der Waals surface area contributed by atoms with E-state index in [-0.39, 0.29) is 11.3 Å². The highest BCUT2D eigenvalue weighted by molar-refractivity contribution is 9.10. The molecule has 1 unspecified atom stereocenters. The van der Waals surface area contributed by atoms with Crippen LogP contribution in [0.4, 0.5) is 18.9 Å². The first-order chi connectivity index (χ1) is 12.7. The molecule has 0 aliphatic heterocycles. The maximum absolute atomic E-state index is 12.3. The van der Waals surface area contributed by atoms with E-state index in [4.69, 9.17) is 4.74 Å². The fraction of sp³-hybridized carbons (Fsp3) is 0.222. The molecule has 0 saturated heterocycles. The van der Waals surface area contributed by atoms with Gasteiger partial charge in [-0.1, -0.05) is 28.1 Å². The Morgan fingerprint density at radius 2 is 1.74 bits per heavy atom. The summed E-state index contributed by atoms with van der Waals surface area (Å²) in [6.07, 6.45) is -5.42. The predicted octanol–water partition coefficient (Wildman–Crippen LogP) is 4.15. The predicted molar refractivity (Wildman–Crippen MR) is 97.7 cm³/mol. The number of hydrogen-bond acceptors (Lipinski definition) is 3. The summed E-state index contributed by atoms with van der Waals surface area (Å²) in [5, 5.41) is 4.28. The van der Waals surface area contributed by atoms with Gasteiger partial charge in [0, 0.05) is 4.47 Å². The molecule has 1 atom stereocenters. The zero-order valence-corrected chi connectivity index (χ0v) is 15.7. The fourth-order valence-electron chi connectivity index (χ4n) is 2.07. The van der Waals surface area contributed by atoms with Crippen LogP contribution in [0.1, 0.15) is 17.3 Å². The lowest BCUT2D eigenvalue weighted by atomic mass is 10.1. The minimum absolute atomic E-state index is 0.0778. The summed E-state index contributed by atoms with van der Waals surface area (Å²) in [5.41, 5.74) is 0.0133.